The van der Waals surface area contributed by atoms with Crippen LogP contribution >= 0.6 is 0 Å². The number of fused-ring (bicyclic) bond motifs is 1. The van der Waals surface area contributed by atoms with E-state index in [-0.39, 0.29) is 17.5 Å². The van der Waals surface area contributed by atoms with Crippen molar-refractivity contribution in [2.75, 3.05) is 0 Å². The molecule has 0 saturated heterocycles. The predicted molar refractivity (Wildman–Crippen MR) is 84.0 cm³/mol. The van der Waals surface area contributed by atoms with Gasteiger partial charge in [-0.15, -0.1) is 0 Å². The van der Waals surface area contributed by atoms with Crippen LogP contribution in [0.15, 0.2) is 18.3 Å². The van der Waals surface area contributed by atoms with Crippen LogP contribution in [0.3, 0.4) is 0 Å². The first-order valence-electron chi connectivity index (χ1n) is 7.33. The van der Waals surface area contributed by atoms with Crippen LogP contribution in [-0.2, 0) is 0 Å². The minimum atomic E-state index is -0.937. The maximum atomic E-state index is 11.4. The number of carboxylic acids is 1. The summed E-state index contributed by atoms with van der Waals surface area (Å²) in [6.07, 6.45) is 1.31. The van der Waals surface area contributed by atoms with Crippen LogP contribution in [0.25, 0.3) is 10.9 Å². The number of carbonyl (C=O) groups is 1. The van der Waals surface area contributed by atoms with Crippen molar-refractivity contribution in [1.29, 1.82) is 0 Å². The van der Waals surface area contributed by atoms with Crippen LogP contribution in [0.1, 0.15) is 74.2 Å². The monoisotopic (exact) mass is 289 g/mol. The lowest BCUT2D eigenvalue weighted by Gasteiger charge is -2.16. The summed E-state index contributed by atoms with van der Waals surface area (Å²) < 4.78 is 2.12. The first-order chi connectivity index (χ1) is 9.73. The van der Waals surface area contributed by atoms with Gasteiger partial charge in [0.1, 0.15) is 0 Å². The molecule has 1 atom stereocenters. The van der Waals surface area contributed by atoms with Crippen molar-refractivity contribution in [1.82, 2.24) is 4.57 Å². The normalized spacial score (nSPS) is 13.3. The molecule has 2 aromatic rings. The van der Waals surface area contributed by atoms with E-state index in [4.69, 9.17) is 0 Å². The number of benzene rings is 1. The summed E-state index contributed by atoms with van der Waals surface area (Å²) in [5.74, 6) is -0.728. The van der Waals surface area contributed by atoms with Crippen LogP contribution in [0.4, 0.5) is 0 Å². The molecule has 1 aromatic carbocycles. The Morgan fingerprint density at radius 3 is 2.14 bits per heavy atom. The molecule has 0 aliphatic heterocycles. The molecular weight excluding hydrogens is 266 g/mol. The van der Waals surface area contributed by atoms with Crippen LogP contribution < -0.4 is 0 Å². The van der Waals surface area contributed by atoms with Crippen LogP contribution in [0, 0.1) is 0 Å². The van der Waals surface area contributed by atoms with Gasteiger partial charge in [0.15, 0.2) is 0 Å². The molecule has 0 aliphatic rings. The SMILES string of the molecule is CC(C)c1cc(C(=O)O)cc2c(C(C)O)cn(C(C)C)c12. The molecule has 0 amide bonds. The molecule has 1 aromatic heterocycles. The van der Waals surface area contributed by atoms with Gasteiger partial charge in [-0.25, -0.2) is 4.79 Å². The second-order valence-electron chi connectivity index (χ2n) is 6.18. The average molecular weight is 289 g/mol. The lowest BCUT2D eigenvalue weighted by atomic mass is 9.95. The Bertz CT molecular complexity index is 681. The number of aliphatic hydroxyl groups excluding tert-OH is 1. The van der Waals surface area contributed by atoms with Crippen molar-refractivity contribution in [3.63, 3.8) is 0 Å². The number of carboxylic acid groups (broad SMARTS) is 1. The zero-order chi connectivity index (χ0) is 15.9. The van der Waals surface area contributed by atoms with Crippen LogP contribution in [0.5, 0.6) is 0 Å². The summed E-state index contributed by atoms with van der Waals surface area (Å²) in [5.41, 5.74) is 3.09. The van der Waals surface area contributed by atoms with Gasteiger partial charge in [0, 0.05) is 23.2 Å². The van der Waals surface area contributed by atoms with E-state index < -0.39 is 12.1 Å². The number of nitrogens with zero attached hydrogens (tertiary/aromatic N) is 1. The molecule has 114 valence electrons. The summed E-state index contributed by atoms with van der Waals surface area (Å²) in [4.78, 5) is 11.4. The summed E-state index contributed by atoms with van der Waals surface area (Å²) in [6, 6.07) is 3.66. The molecule has 0 fully saturated rings. The third kappa shape index (κ3) is 2.68. The zero-order valence-corrected chi connectivity index (χ0v) is 13.2. The van der Waals surface area contributed by atoms with Gasteiger partial charge in [-0.3, -0.25) is 0 Å². The van der Waals surface area contributed by atoms with E-state index in [0.717, 1.165) is 22.0 Å². The fraction of sp³-hybridized carbons (Fsp3) is 0.471. The molecule has 1 unspecified atom stereocenters. The molecule has 4 heteroatoms. The Kier molecular flexibility index (Phi) is 4.10. The molecule has 0 saturated carbocycles. The molecule has 0 bridgehead atoms. The van der Waals surface area contributed by atoms with Gasteiger partial charge in [0.2, 0.25) is 0 Å². The Labute approximate surface area is 125 Å². The molecular formula is C17H23NO3. The maximum Gasteiger partial charge on any atom is 0.335 e. The minimum absolute atomic E-state index is 0.209. The molecule has 0 spiro atoms. The van der Waals surface area contributed by atoms with E-state index in [0.29, 0.717) is 0 Å². The van der Waals surface area contributed by atoms with E-state index >= 15 is 0 Å². The molecule has 2 rings (SSSR count). The highest BCUT2D eigenvalue weighted by Crippen LogP contribution is 2.35. The molecule has 4 nitrogen and oxygen atoms in total. The number of hydrogen-bond donors (Lipinski definition) is 2. The van der Waals surface area contributed by atoms with Crippen molar-refractivity contribution in [2.24, 2.45) is 0 Å². The van der Waals surface area contributed by atoms with Crippen molar-refractivity contribution in [3.05, 3.63) is 35.0 Å². The Morgan fingerprint density at radius 1 is 1.10 bits per heavy atom. The largest absolute Gasteiger partial charge is 0.478 e. The highest BCUT2D eigenvalue weighted by atomic mass is 16.4. The quantitative estimate of drug-likeness (QED) is 0.890. The number of hydrogen-bond acceptors (Lipinski definition) is 2. The predicted octanol–water partition coefficient (Wildman–Crippen LogP) is 4.10. The second-order valence-corrected chi connectivity index (χ2v) is 6.18. The summed E-state index contributed by atoms with van der Waals surface area (Å²) in [5, 5.41) is 20.2. The van der Waals surface area contributed by atoms with Crippen molar-refractivity contribution in [3.8, 4) is 0 Å². The third-order valence-electron chi connectivity index (χ3n) is 3.86. The molecule has 1 heterocycles. The second kappa shape index (κ2) is 5.53. The zero-order valence-electron chi connectivity index (χ0n) is 13.2. The fourth-order valence-corrected chi connectivity index (χ4v) is 2.75. The van der Waals surface area contributed by atoms with Gasteiger partial charge in [-0.2, -0.15) is 0 Å². The van der Waals surface area contributed by atoms with Gasteiger partial charge in [0.25, 0.3) is 0 Å². The fourth-order valence-electron chi connectivity index (χ4n) is 2.75. The van der Waals surface area contributed by atoms with Crippen molar-refractivity contribution >= 4 is 16.9 Å². The Balaban J connectivity index is 2.93. The van der Waals surface area contributed by atoms with E-state index in [9.17, 15) is 15.0 Å². The lowest BCUT2D eigenvalue weighted by molar-refractivity contribution is 0.0697. The molecule has 0 radical (unpaired) electrons. The molecule has 0 aliphatic carbocycles. The van der Waals surface area contributed by atoms with Gasteiger partial charge in [-0.1, -0.05) is 13.8 Å². The van der Waals surface area contributed by atoms with E-state index in [1.165, 1.54) is 0 Å². The number of aromatic carboxylic acids is 1. The van der Waals surface area contributed by atoms with Crippen molar-refractivity contribution in [2.45, 2.75) is 52.7 Å². The van der Waals surface area contributed by atoms with Gasteiger partial charge in [0.05, 0.1) is 17.2 Å². The first kappa shape index (κ1) is 15.6. The Morgan fingerprint density at radius 2 is 1.71 bits per heavy atom. The van der Waals surface area contributed by atoms with Crippen molar-refractivity contribution < 1.29 is 15.0 Å². The summed E-state index contributed by atoms with van der Waals surface area (Å²) >= 11 is 0. The number of aliphatic hydroxyl groups is 1. The molecule has 21 heavy (non-hydrogen) atoms. The minimum Gasteiger partial charge on any atom is -0.478 e. The lowest BCUT2D eigenvalue weighted by Crippen LogP contribution is -2.04. The first-order valence-corrected chi connectivity index (χ1v) is 7.33. The summed E-state index contributed by atoms with van der Waals surface area (Å²) in [7, 11) is 0. The highest BCUT2D eigenvalue weighted by molar-refractivity contribution is 5.97. The third-order valence-corrected chi connectivity index (χ3v) is 3.86. The van der Waals surface area contributed by atoms with Gasteiger partial charge in [-0.05, 0) is 44.4 Å². The smallest absolute Gasteiger partial charge is 0.335 e. The van der Waals surface area contributed by atoms with E-state index in [1.807, 2.05) is 6.20 Å². The number of aromatic nitrogens is 1. The topological polar surface area (TPSA) is 62.5 Å². The van der Waals surface area contributed by atoms with E-state index in [1.54, 1.807) is 19.1 Å². The van der Waals surface area contributed by atoms with Gasteiger partial charge < -0.3 is 14.8 Å². The highest BCUT2D eigenvalue weighted by Gasteiger charge is 2.20. The number of rotatable bonds is 4. The van der Waals surface area contributed by atoms with Gasteiger partial charge >= 0.3 is 5.97 Å². The molecule has 2 N–H and O–H groups in total. The summed E-state index contributed by atoms with van der Waals surface area (Å²) in [6.45, 7) is 9.99. The van der Waals surface area contributed by atoms with Crippen LogP contribution in [-0.4, -0.2) is 20.7 Å². The standard InChI is InChI=1S/C17H23NO3/c1-9(2)13-6-12(17(20)21)7-14-15(11(5)19)8-18(10(3)4)16(13)14/h6-11,19H,1-5H3,(H,20,21). The average Bonchev–Trinajstić information content (AvgIpc) is 2.76. The van der Waals surface area contributed by atoms with E-state index in [2.05, 4.69) is 32.3 Å². The Hall–Kier alpha value is -1.81. The van der Waals surface area contributed by atoms with Crippen LogP contribution in [0.2, 0.25) is 0 Å². The maximum absolute atomic E-state index is 11.4.